The molecule has 0 spiro atoms. The minimum atomic E-state index is -4.70. The Bertz CT molecular complexity index is 600. The van der Waals surface area contributed by atoms with E-state index in [9.17, 15) is 26.0 Å². The first-order valence-electron chi connectivity index (χ1n) is 6.06. The molecule has 0 amide bonds. The summed E-state index contributed by atoms with van der Waals surface area (Å²) >= 11 is 0. The molecule has 0 aliphatic rings. The second-order valence-corrected chi connectivity index (χ2v) is 6.54. The van der Waals surface area contributed by atoms with Crippen LogP contribution >= 0.6 is 0 Å². The molecule has 0 aromatic heterocycles. The molecular weight excluding hydrogens is 312 g/mol. The molecule has 0 saturated carbocycles. The predicted octanol–water partition coefficient (Wildman–Crippen LogP) is 2.25. The molecular formula is C12H16F4N2O2S. The molecule has 1 aromatic rings. The standard InChI is InChI=1S/C12H16F4N2O2S/c1-8(2)18(7-12(14,15)16)21(19,20)11-5-3-4-10(13)9(11)6-17/h3-5,8H,6-7,17H2,1-2H3. The Labute approximate surface area is 120 Å². The zero-order chi connectivity index (χ0) is 16.4. The minimum Gasteiger partial charge on any atom is -0.326 e. The van der Waals surface area contributed by atoms with E-state index >= 15 is 0 Å². The monoisotopic (exact) mass is 328 g/mol. The maximum atomic E-state index is 13.6. The highest BCUT2D eigenvalue weighted by Crippen LogP contribution is 2.27. The maximum absolute atomic E-state index is 13.6. The molecule has 0 heterocycles. The average molecular weight is 328 g/mol. The Kier molecular flexibility index (Phi) is 5.35. The van der Waals surface area contributed by atoms with Crippen molar-refractivity contribution in [1.82, 2.24) is 4.31 Å². The van der Waals surface area contributed by atoms with Gasteiger partial charge in [0.1, 0.15) is 12.4 Å². The molecule has 0 unspecified atom stereocenters. The number of nitrogens with two attached hydrogens (primary N) is 1. The normalized spacial score (nSPS) is 13.2. The Balaban J connectivity index is 3.40. The van der Waals surface area contributed by atoms with E-state index in [0.717, 1.165) is 18.2 Å². The molecule has 0 saturated heterocycles. The molecule has 2 N–H and O–H groups in total. The average Bonchev–Trinajstić information content (AvgIpc) is 2.34. The van der Waals surface area contributed by atoms with E-state index in [1.165, 1.54) is 13.8 Å². The third-order valence-electron chi connectivity index (χ3n) is 2.78. The molecule has 0 fully saturated rings. The first-order valence-corrected chi connectivity index (χ1v) is 7.50. The zero-order valence-electron chi connectivity index (χ0n) is 11.5. The molecule has 0 aliphatic heterocycles. The summed E-state index contributed by atoms with van der Waals surface area (Å²) in [5.41, 5.74) is 4.98. The summed E-state index contributed by atoms with van der Waals surface area (Å²) in [7, 11) is -4.51. The molecule has 0 bridgehead atoms. The van der Waals surface area contributed by atoms with Crippen LogP contribution in [0.1, 0.15) is 19.4 Å². The second kappa shape index (κ2) is 6.29. The van der Waals surface area contributed by atoms with Crippen LogP contribution in [0.4, 0.5) is 17.6 Å². The van der Waals surface area contributed by atoms with Crippen LogP contribution in [0, 0.1) is 5.82 Å². The van der Waals surface area contributed by atoms with Crippen molar-refractivity contribution in [2.45, 2.75) is 37.5 Å². The third kappa shape index (κ3) is 4.14. The summed E-state index contributed by atoms with van der Waals surface area (Å²) < 4.78 is 76.4. The third-order valence-corrected chi connectivity index (χ3v) is 4.88. The highest BCUT2D eigenvalue weighted by molar-refractivity contribution is 7.89. The van der Waals surface area contributed by atoms with Gasteiger partial charge in [-0.25, -0.2) is 12.8 Å². The van der Waals surface area contributed by atoms with Crippen molar-refractivity contribution in [3.63, 3.8) is 0 Å². The molecule has 4 nitrogen and oxygen atoms in total. The van der Waals surface area contributed by atoms with Gasteiger partial charge in [0.15, 0.2) is 0 Å². The highest BCUT2D eigenvalue weighted by Gasteiger charge is 2.39. The Morgan fingerprint density at radius 1 is 1.29 bits per heavy atom. The van der Waals surface area contributed by atoms with E-state index in [1.807, 2.05) is 0 Å². The van der Waals surface area contributed by atoms with E-state index < -0.39 is 46.0 Å². The molecule has 0 aliphatic carbocycles. The number of sulfonamides is 1. The Morgan fingerprint density at radius 2 is 1.86 bits per heavy atom. The SMILES string of the molecule is CC(C)N(CC(F)(F)F)S(=O)(=O)c1cccc(F)c1CN. The largest absolute Gasteiger partial charge is 0.402 e. The van der Waals surface area contributed by atoms with Gasteiger partial charge in [0.05, 0.1) is 4.90 Å². The lowest BCUT2D eigenvalue weighted by Gasteiger charge is -2.27. The van der Waals surface area contributed by atoms with E-state index in [0.29, 0.717) is 0 Å². The van der Waals surface area contributed by atoms with Gasteiger partial charge in [-0.05, 0) is 26.0 Å². The molecule has 120 valence electrons. The fourth-order valence-electron chi connectivity index (χ4n) is 1.83. The maximum Gasteiger partial charge on any atom is 0.402 e. The lowest BCUT2D eigenvalue weighted by Crippen LogP contribution is -2.43. The van der Waals surface area contributed by atoms with Gasteiger partial charge in [-0.3, -0.25) is 0 Å². The fourth-order valence-corrected chi connectivity index (χ4v) is 3.69. The summed E-state index contributed by atoms with van der Waals surface area (Å²) in [5, 5.41) is 0. The van der Waals surface area contributed by atoms with Crippen LogP contribution in [-0.2, 0) is 16.6 Å². The van der Waals surface area contributed by atoms with Crippen molar-refractivity contribution in [3.05, 3.63) is 29.6 Å². The second-order valence-electron chi connectivity index (χ2n) is 4.68. The van der Waals surface area contributed by atoms with Crippen LogP contribution in [0.25, 0.3) is 0 Å². The van der Waals surface area contributed by atoms with Crippen molar-refractivity contribution >= 4 is 10.0 Å². The molecule has 9 heteroatoms. The van der Waals surface area contributed by atoms with E-state index in [-0.39, 0.29) is 9.87 Å². The molecule has 0 atom stereocenters. The van der Waals surface area contributed by atoms with Gasteiger partial charge in [0, 0.05) is 18.2 Å². The van der Waals surface area contributed by atoms with Crippen LogP contribution in [0.15, 0.2) is 23.1 Å². The molecule has 1 rings (SSSR count). The zero-order valence-corrected chi connectivity index (χ0v) is 12.3. The lowest BCUT2D eigenvalue weighted by molar-refractivity contribution is -0.138. The Morgan fingerprint density at radius 3 is 2.29 bits per heavy atom. The van der Waals surface area contributed by atoms with Crippen molar-refractivity contribution in [1.29, 1.82) is 0 Å². The summed E-state index contributed by atoms with van der Waals surface area (Å²) in [5.74, 6) is -0.866. The van der Waals surface area contributed by atoms with Gasteiger partial charge in [0.25, 0.3) is 0 Å². The summed E-state index contributed by atoms with van der Waals surface area (Å²) in [4.78, 5) is -0.539. The van der Waals surface area contributed by atoms with Gasteiger partial charge in [0.2, 0.25) is 10.0 Å². The smallest absolute Gasteiger partial charge is 0.326 e. The van der Waals surface area contributed by atoms with Crippen molar-refractivity contribution < 1.29 is 26.0 Å². The number of rotatable bonds is 5. The number of nitrogens with zero attached hydrogens (tertiary/aromatic N) is 1. The number of hydrogen-bond acceptors (Lipinski definition) is 3. The molecule has 21 heavy (non-hydrogen) atoms. The fraction of sp³-hybridized carbons (Fsp3) is 0.500. The highest BCUT2D eigenvalue weighted by atomic mass is 32.2. The van der Waals surface area contributed by atoms with Crippen LogP contribution in [0.3, 0.4) is 0 Å². The van der Waals surface area contributed by atoms with E-state index in [4.69, 9.17) is 5.73 Å². The van der Waals surface area contributed by atoms with Crippen molar-refractivity contribution in [3.8, 4) is 0 Å². The predicted molar refractivity (Wildman–Crippen MR) is 69.4 cm³/mol. The van der Waals surface area contributed by atoms with E-state index in [2.05, 4.69) is 0 Å². The summed E-state index contributed by atoms with van der Waals surface area (Å²) in [6.07, 6.45) is -4.70. The molecule has 0 radical (unpaired) electrons. The quantitative estimate of drug-likeness (QED) is 0.843. The van der Waals surface area contributed by atoms with Crippen LogP contribution < -0.4 is 5.73 Å². The van der Waals surface area contributed by atoms with Gasteiger partial charge < -0.3 is 5.73 Å². The summed E-state index contributed by atoms with van der Waals surface area (Å²) in [6.45, 7) is 0.544. The molecule has 1 aromatic carbocycles. The van der Waals surface area contributed by atoms with Crippen LogP contribution in [-0.4, -0.2) is 31.5 Å². The number of halogens is 4. The number of benzene rings is 1. The first-order chi connectivity index (χ1) is 9.50. The summed E-state index contributed by atoms with van der Waals surface area (Å²) in [6, 6.07) is 2.23. The lowest BCUT2D eigenvalue weighted by atomic mass is 10.2. The van der Waals surface area contributed by atoms with Crippen molar-refractivity contribution in [2.24, 2.45) is 5.73 Å². The van der Waals surface area contributed by atoms with Crippen molar-refractivity contribution in [2.75, 3.05) is 6.54 Å². The number of alkyl halides is 3. The van der Waals surface area contributed by atoms with Crippen LogP contribution in [0.2, 0.25) is 0 Å². The topological polar surface area (TPSA) is 63.4 Å². The van der Waals surface area contributed by atoms with Gasteiger partial charge in [-0.15, -0.1) is 0 Å². The van der Waals surface area contributed by atoms with E-state index in [1.54, 1.807) is 0 Å². The van der Waals surface area contributed by atoms with Crippen LogP contribution in [0.5, 0.6) is 0 Å². The Hall–Kier alpha value is -1.19. The van der Waals surface area contributed by atoms with Gasteiger partial charge in [-0.1, -0.05) is 6.07 Å². The minimum absolute atomic E-state index is 0.279. The van der Waals surface area contributed by atoms with Gasteiger partial charge in [-0.2, -0.15) is 17.5 Å². The first kappa shape index (κ1) is 17.9. The number of hydrogen-bond donors (Lipinski definition) is 1. The van der Waals surface area contributed by atoms with Gasteiger partial charge >= 0.3 is 6.18 Å².